The fourth-order valence-corrected chi connectivity index (χ4v) is 2.97. The molecule has 0 aromatic heterocycles. The third kappa shape index (κ3) is 3.75. The molecule has 28 heavy (non-hydrogen) atoms. The topological polar surface area (TPSA) is 89.8 Å². The van der Waals surface area contributed by atoms with Gasteiger partial charge in [-0.1, -0.05) is 25.4 Å². The van der Waals surface area contributed by atoms with Gasteiger partial charge in [0, 0.05) is 12.1 Å². The van der Waals surface area contributed by atoms with E-state index in [1.54, 1.807) is 24.3 Å². The van der Waals surface area contributed by atoms with E-state index in [0.29, 0.717) is 29.5 Å². The van der Waals surface area contributed by atoms with E-state index >= 15 is 0 Å². The number of non-ortho nitro benzene ring substituents is 1. The molecule has 0 N–H and O–H groups in total. The van der Waals surface area contributed by atoms with Gasteiger partial charge in [0.25, 0.3) is 17.5 Å². The number of amides is 2. The molecule has 0 bridgehead atoms. The highest BCUT2D eigenvalue weighted by atomic mass is 35.5. The Balaban J connectivity index is 1.85. The van der Waals surface area contributed by atoms with Crippen LogP contribution >= 0.6 is 11.6 Å². The molecule has 3 rings (SSSR count). The predicted octanol–water partition coefficient (Wildman–Crippen LogP) is 4.15. The van der Waals surface area contributed by atoms with Crippen molar-refractivity contribution in [3.63, 3.8) is 0 Å². The summed E-state index contributed by atoms with van der Waals surface area (Å²) in [6.45, 7) is 4.62. The number of benzene rings is 2. The van der Waals surface area contributed by atoms with Crippen LogP contribution in [0.3, 0.4) is 0 Å². The number of carbonyl (C=O) groups is 2. The average Bonchev–Trinajstić information content (AvgIpc) is 2.89. The van der Waals surface area contributed by atoms with Gasteiger partial charge < -0.3 is 4.74 Å². The fourth-order valence-electron chi connectivity index (χ4n) is 2.69. The third-order valence-corrected chi connectivity index (χ3v) is 4.42. The van der Waals surface area contributed by atoms with Gasteiger partial charge in [-0.15, -0.1) is 0 Å². The summed E-state index contributed by atoms with van der Waals surface area (Å²) in [4.78, 5) is 36.6. The smallest absolute Gasteiger partial charge is 0.277 e. The Morgan fingerprint density at radius 1 is 1.04 bits per heavy atom. The lowest BCUT2D eigenvalue weighted by Gasteiger charge is -2.16. The number of nitro benzene ring substituents is 1. The Kier molecular flexibility index (Phi) is 5.46. The number of rotatable bonds is 6. The Bertz CT molecular complexity index is 965. The highest BCUT2D eigenvalue weighted by Gasteiger charge is 2.39. The molecule has 8 heteroatoms. The monoisotopic (exact) mass is 400 g/mol. The molecule has 2 aromatic carbocycles. The molecule has 0 fully saturated rings. The zero-order valence-corrected chi connectivity index (χ0v) is 16.0. The van der Waals surface area contributed by atoms with Gasteiger partial charge in [-0.2, -0.15) is 0 Å². The van der Waals surface area contributed by atoms with Crippen LogP contribution in [0.5, 0.6) is 5.75 Å². The minimum absolute atomic E-state index is 0.0155. The van der Waals surface area contributed by atoms with E-state index in [2.05, 4.69) is 0 Å². The Hall–Kier alpha value is -3.19. The largest absolute Gasteiger partial charge is 0.493 e. The van der Waals surface area contributed by atoms with Gasteiger partial charge in [0.1, 0.15) is 10.8 Å². The van der Waals surface area contributed by atoms with E-state index in [0.717, 1.165) is 4.90 Å². The number of anilines is 1. The number of carbonyl (C=O) groups excluding carboxylic acids is 2. The zero-order valence-electron chi connectivity index (χ0n) is 15.2. The minimum atomic E-state index is -0.643. The van der Waals surface area contributed by atoms with Gasteiger partial charge in [0.05, 0.1) is 22.8 Å². The maximum Gasteiger partial charge on any atom is 0.277 e. The van der Waals surface area contributed by atoms with Crippen LogP contribution < -0.4 is 9.64 Å². The molecule has 0 radical (unpaired) electrons. The summed E-state index contributed by atoms with van der Waals surface area (Å²) in [7, 11) is 0. The van der Waals surface area contributed by atoms with Crippen LogP contribution in [0.1, 0.15) is 19.4 Å². The van der Waals surface area contributed by atoms with Crippen molar-refractivity contribution in [2.24, 2.45) is 5.92 Å². The summed E-state index contributed by atoms with van der Waals surface area (Å²) in [5, 5.41) is 10.6. The van der Waals surface area contributed by atoms with Gasteiger partial charge in [0.2, 0.25) is 0 Å². The van der Waals surface area contributed by atoms with E-state index in [4.69, 9.17) is 16.3 Å². The summed E-state index contributed by atoms with van der Waals surface area (Å²) < 4.78 is 5.60. The first-order valence-electron chi connectivity index (χ1n) is 8.56. The molecule has 2 amide bonds. The van der Waals surface area contributed by atoms with Gasteiger partial charge in [-0.25, -0.2) is 4.90 Å². The molecule has 0 saturated heterocycles. The van der Waals surface area contributed by atoms with E-state index < -0.39 is 16.7 Å². The highest BCUT2D eigenvalue weighted by Crippen LogP contribution is 2.35. The highest BCUT2D eigenvalue weighted by molar-refractivity contribution is 6.60. The van der Waals surface area contributed by atoms with Crippen LogP contribution in [0.25, 0.3) is 5.57 Å². The molecule has 0 atom stereocenters. The third-order valence-electron chi connectivity index (χ3n) is 4.07. The van der Waals surface area contributed by atoms with Crippen molar-refractivity contribution in [1.29, 1.82) is 0 Å². The normalized spacial score (nSPS) is 14.2. The van der Waals surface area contributed by atoms with Crippen LogP contribution in [0.4, 0.5) is 11.4 Å². The van der Waals surface area contributed by atoms with E-state index in [1.165, 1.54) is 24.3 Å². The SMILES string of the molecule is CC(C)COc1ccc(N2C(=O)C(Cl)=C(c3ccc([N+](=O)[O-])cc3)C2=O)cc1. The van der Waals surface area contributed by atoms with E-state index in [-0.39, 0.29) is 16.3 Å². The standard InChI is InChI=1S/C20H17ClN2O5/c1-12(2)11-28-16-9-7-14(8-10-16)22-19(24)17(18(21)20(22)25)13-3-5-15(6-4-13)23(26)27/h3-10,12H,11H2,1-2H3. The van der Waals surface area contributed by atoms with Crippen molar-refractivity contribution in [1.82, 2.24) is 0 Å². The Labute approximate surface area is 166 Å². The molecule has 0 unspecified atom stereocenters. The number of nitro groups is 1. The van der Waals surface area contributed by atoms with Crippen molar-refractivity contribution in [3.05, 3.63) is 69.2 Å². The van der Waals surface area contributed by atoms with Crippen molar-refractivity contribution in [2.75, 3.05) is 11.5 Å². The second-order valence-corrected chi connectivity index (χ2v) is 7.02. The number of halogens is 1. The molecule has 1 aliphatic rings. The number of ether oxygens (including phenoxy) is 1. The predicted molar refractivity (Wildman–Crippen MR) is 105 cm³/mol. The van der Waals surface area contributed by atoms with Gasteiger partial charge in [0.15, 0.2) is 0 Å². The lowest BCUT2D eigenvalue weighted by molar-refractivity contribution is -0.384. The van der Waals surface area contributed by atoms with Crippen molar-refractivity contribution < 1.29 is 19.2 Å². The molecule has 0 spiro atoms. The number of nitrogens with zero attached hydrogens (tertiary/aromatic N) is 2. The Morgan fingerprint density at radius 2 is 1.64 bits per heavy atom. The van der Waals surface area contributed by atoms with Crippen LogP contribution in [0, 0.1) is 16.0 Å². The first-order valence-corrected chi connectivity index (χ1v) is 8.93. The average molecular weight is 401 g/mol. The number of hydrogen-bond donors (Lipinski definition) is 0. The molecule has 0 aliphatic carbocycles. The van der Waals surface area contributed by atoms with Crippen molar-refractivity contribution >= 4 is 40.4 Å². The lowest BCUT2D eigenvalue weighted by Crippen LogP contribution is -2.31. The number of hydrogen-bond acceptors (Lipinski definition) is 5. The van der Waals surface area contributed by atoms with E-state index in [9.17, 15) is 19.7 Å². The second kappa shape index (κ2) is 7.82. The molecular weight excluding hydrogens is 384 g/mol. The maximum absolute atomic E-state index is 12.8. The lowest BCUT2D eigenvalue weighted by atomic mass is 10.1. The van der Waals surface area contributed by atoms with Gasteiger partial charge >= 0.3 is 0 Å². The van der Waals surface area contributed by atoms with E-state index in [1.807, 2.05) is 13.8 Å². The number of imide groups is 1. The zero-order chi connectivity index (χ0) is 20.4. The van der Waals surface area contributed by atoms with Crippen molar-refractivity contribution in [3.8, 4) is 5.75 Å². The van der Waals surface area contributed by atoms with Crippen molar-refractivity contribution in [2.45, 2.75) is 13.8 Å². The molecule has 7 nitrogen and oxygen atoms in total. The minimum Gasteiger partial charge on any atom is -0.493 e. The second-order valence-electron chi connectivity index (χ2n) is 6.64. The Morgan fingerprint density at radius 3 is 2.18 bits per heavy atom. The quantitative estimate of drug-likeness (QED) is 0.412. The van der Waals surface area contributed by atoms with Crippen LogP contribution in [-0.4, -0.2) is 23.3 Å². The molecule has 144 valence electrons. The maximum atomic E-state index is 12.8. The first-order chi connectivity index (χ1) is 13.3. The fraction of sp³-hybridized carbons (Fsp3) is 0.200. The van der Waals surface area contributed by atoms with Gasteiger partial charge in [-0.05, 0) is 47.9 Å². The summed E-state index contributed by atoms with van der Waals surface area (Å²) in [5.74, 6) is -0.226. The first kappa shape index (κ1) is 19.6. The molecule has 1 heterocycles. The molecule has 1 aliphatic heterocycles. The van der Waals surface area contributed by atoms with Crippen LogP contribution in [0.15, 0.2) is 53.6 Å². The van der Waals surface area contributed by atoms with Crippen LogP contribution in [-0.2, 0) is 9.59 Å². The summed E-state index contributed by atoms with van der Waals surface area (Å²) in [6.07, 6.45) is 0. The molecule has 0 saturated carbocycles. The summed E-state index contributed by atoms with van der Waals surface area (Å²) in [5.41, 5.74) is 0.600. The van der Waals surface area contributed by atoms with Crippen LogP contribution in [0.2, 0.25) is 0 Å². The summed E-state index contributed by atoms with van der Waals surface area (Å²) >= 11 is 6.13. The molecule has 2 aromatic rings. The van der Waals surface area contributed by atoms with Gasteiger partial charge in [-0.3, -0.25) is 19.7 Å². The molecular formula is C20H17ClN2O5. The summed E-state index contributed by atoms with van der Waals surface area (Å²) in [6, 6.07) is 11.9.